The lowest BCUT2D eigenvalue weighted by atomic mass is 10.2. The van der Waals surface area contributed by atoms with Crippen molar-refractivity contribution >= 4 is 22.8 Å². The van der Waals surface area contributed by atoms with E-state index in [0.717, 1.165) is 29.7 Å². The molecule has 0 atom stereocenters. The number of carbonyl (C=O) groups is 2. The molecular formula is C19H26N4O2. The Morgan fingerprint density at radius 1 is 1.24 bits per heavy atom. The van der Waals surface area contributed by atoms with Crippen LogP contribution in [0.5, 0.6) is 0 Å². The van der Waals surface area contributed by atoms with Gasteiger partial charge in [0.1, 0.15) is 12.4 Å². The molecule has 0 radical (unpaired) electrons. The number of nitrogens with zero attached hydrogens (tertiary/aromatic N) is 2. The maximum absolute atomic E-state index is 12.3. The van der Waals surface area contributed by atoms with Crippen LogP contribution in [0.3, 0.4) is 0 Å². The van der Waals surface area contributed by atoms with Crippen molar-refractivity contribution in [3.8, 4) is 0 Å². The Kier molecular flexibility index (Phi) is 5.36. The fourth-order valence-corrected chi connectivity index (χ4v) is 2.80. The lowest BCUT2D eigenvalue weighted by molar-refractivity contribution is -0.123. The Balaban J connectivity index is 1.69. The van der Waals surface area contributed by atoms with E-state index in [9.17, 15) is 9.59 Å². The second kappa shape index (κ2) is 7.68. The smallest absolute Gasteiger partial charge is 0.240 e. The fourth-order valence-electron chi connectivity index (χ4n) is 2.80. The molecule has 0 spiro atoms. The van der Waals surface area contributed by atoms with Crippen LogP contribution in [0.25, 0.3) is 11.0 Å². The van der Waals surface area contributed by atoms with E-state index >= 15 is 0 Å². The molecule has 2 aromatic rings. The van der Waals surface area contributed by atoms with Crippen LogP contribution in [0.4, 0.5) is 0 Å². The highest BCUT2D eigenvalue weighted by Crippen LogP contribution is 2.28. The maximum Gasteiger partial charge on any atom is 0.240 e. The molecule has 0 bridgehead atoms. The largest absolute Gasteiger partial charge is 0.355 e. The molecule has 134 valence electrons. The molecule has 1 aromatic heterocycles. The Morgan fingerprint density at radius 2 is 2.00 bits per heavy atom. The molecule has 1 aliphatic carbocycles. The first-order valence-electron chi connectivity index (χ1n) is 9.03. The predicted octanol–water partition coefficient (Wildman–Crippen LogP) is 1.88. The minimum Gasteiger partial charge on any atom is -0.355 e. The van der Waals surface area contributed by atoms with Crippen LogP contribution >= 0.6 is 0 Å². The van der Waals surface area contributed by atoms with Crippen molar-refractivity contribution in [2.45, 2.75) is 39.7 Å². The van der Waals surface area contributed by atoms with Crippen molar-refractivity contribution < 1.29 is 9.59 Å². The molecule has 0 saturated heterocycles. The lowest BCUT2D eigenvalue weighted by Crippen LogP contribution is -2.32. The molecule has 1 saturated carbocycles. The van der Waals surface area contributed by atoms with E-state index in [1.165, 1.54) is 0 Å². The summed E-state index contributed by atoms with van der Waals surface area (Å²) in [6.45, 7) is 5.60. The van der Waals surface area contributed by atoms with Gasteiger partial charge < -0.3 is 15.2 Å². The zero-order chi connectivity index (χ0) is 17.8. The fraction of sp³-hybridized carbons (Fsp3) is 0.526. The Morgan fingerprint density at radius 3 is 2.72 bits per heavy atom. The number of para-hydroxylation sites is 2. The molecule has 0 unspecified atom stereocenters. The summed E-state index contributed by atoms with van der Waals surface area (Å²) >= 11 is 0. The Hall–Kier alpha value is -2.37. The topological polar surface area (TPSA) is 76.0 Å². The van der Waals surface area contributed by atoms with E-state index in [1.807, 2.05) is 28.8 Å². The van der Waals surface area contributed by atoms with Gasteiger partial charge in [-0.05, 0) is 30.9 Å². The average Bonchev–Trinajstić information content (AvgIpc) is 3.38. The monoisotopic (exact) mass is 342 g/mol. The van der Waals surface area contributed by atoms with Gasteiger partial charge in [-0.25, -0.2) is 4.98 Å². The summed E-state index contributed by atoms with van der Waals surface area (Å²) in [6, 6.07) is 7.82. The molecule has 1 aromatic carbocycles. The first-order chi connectivity index (χ1) is 12.0. The van der Waals surface area contributed by atoms with Crippen LogP contribution in [0.1, 0.15) is 32.5 Å². The van der Waals surface area contributed by atoms with E-state index in [4.69, 9.17) is 0 Å². The Labute approximate surface area is 148 Å². The van der Waals surface area contributed by atoms with Gasteiger partial charge in [-0.1, -0.05) is 26.0 Å². The van der Waals surface area contributed by atoms with Crippen molar-refractivity contribution in [3.63, 3.8) is 0 Å². The van der Waals surface area contributed by atoms with Gasteiger partial charge >= 0.3 is 0 Å². The van der Waals surface area contributed by atoms with Gasteiger partial charge in [0.15, 0.2) is 0 Å². The van der Waals surface area contributed by atoms with E-state index < -0.39 is 0 Å². The number of nitrogens with one attached hydrogen (secondary N) is 2. The summed E-state index contributed by atoms with van der Waals surface area (Å²) in [7, 11) is 0. The zero-order valence-electron chi connectivity index (χ0n) is 14.9. The van der Waals surface area contributed by atoms with Gasteiger partial charge in [0, 0.05) is 25.4 Å². The second-order valence-corrected chi connectivity index (χ2v) is 7.12. The molecule has 6 nitrogen and oxygen atoms in total. The van der Waals surface area contributed by atoms with Gasteiger partial charge in [-0.2, -0.15) is 0 Å². The molecule has 1 fully saturated rings. The third-order valence-electron chi connectivity index (χ3n) is 4.34. The quantitative estimate of drug-likeness (QED) is 0.769. The van der Waals surface area contributed by atoms with Crippen LogP contribution in [0, 0.1) is 11.8 Å². The first kappa shape index (κ1) is 17.5. The van der Waals surface area contributed by atoms with Crippen LogP contribution in [-0.4, -0.2) is 34.5 Å². The number of hydrogen-bond acceptors (Lipinski definition) is 3. The molecule has 0 aliphatic heterocycles. The summed E-state index contributed by atoms with van der Waals surface area (Å²) in [6.07, 6.45) is 2.62. The van der Waals surface area contributed by atoms with E-state index in [1.54, 1.807) is 0 Å². The van der Waals surface area contributed by atoms with E-state index in [0.29, 0.717) is 25.4 Å². The molecule has 1 aliphatic rings. The average molecular weight is 342 g/mol. The van der Waals surface area contributed by atoms with E-state index in [-0.39, 0.29) is 24.3 Å². The van der Waals surface area contributed by atoms with Crippen LogP contribution in [0.2, 0.25) is 0 Å². The van der Waals surface area contributed by atoms with Gasteiger partial charge in [0.05, 0.1) is 11.0 Å². The van der Waals surface area contributed by atoms with Crippen LogP contribution in [-0.2, 0) is 22.6 Å². The number of aromatic nitrogens is 2. The second-order valence-electron chi connectivity index (χ2n) is 7.12. The van der Waals surface area contributed by atoms with Crippen molar-refractivity contribution in [1.29, 1.82) is 0 Å². The van der Waals surface area contributed by atoms with E-state index in [2.05, 4.69) is 29.5 Å². The zero-order valence-corrected chi connectivity index (χ0v) is 14.9. The van der Waals surface area contributed by atoms with Crippen molar-refractivity contribution in [2.75, 3.05) is 13.1 Å². The van der Waals surface area contributed by atoms with Gasteiger partial charge in [0.2, 0.25) is 11.8 Å². The normalized spacial score (nSPS) is 14.0. The summed E-state index contributed by atoms with van der Waals surface area (Å²) in [5, 5.41) is 5.92. The number of fused-ring (bicyclic) bond motifs is 1. The highest BCUT2D eigenvalue weighted by atomic mass is 16.2. The number of rotatable bonds is 8. The summed E-state index contributed by atoms with van der Waals surface area (Å²) < 4.78 is 1.95. The predicted molar refractivity (Wildman–Crippen MR) is 97.0 cm³/mol. The standard InChI is InChI=1S/C19H26N4O2/c1-13(2)11-21-18(24)12-23-16-6-4-3-5-15(16)22-17(23)9-10-20-19(25)14-7-8-14/h3-6,13-14H,7-12H2,1-2H3,(H,20,25)(H,21,24). The molecule has 3 rings (SSSR count). The molecule has 2 N–H and O–H groups in total. The molecular weight excluding hydrogens is 316 g/mol. The van der Waals surface area contributed by atoms with Crippen molar-refractivity contribution in [2.24, 2.45) is 11.8 Å². The molecule has 6 heteroatoms. The summed E-state index contributed by atoms with van der Waals surface area (Å²) in [4.78, 5) is 28.7. The van der Waals surface area contributed by atoms with Crippen LogP contribution < -0.4 is 10.6 Å². The van der Waals surface area contributed by atoms with Crippen molar-refractivity contribution in [1.82, 2.24) is 20.2 Å². The molecule has 25 heavy (non-hydrogen) atoms. The van der Waals surface area contributed by atoms with Gasteiger partial charge in [0.25, 0.3) is 0 Å². The lowest BCUT2D eigenvalue weighted by Gasteiger charge is -2.11. The summed E-state index contributed by atoms with van der Waals surface area (Å²) in [5.41, 5.74) is 1.83. The number of imidazole rings is 1. The number of benzene rings is 1. The molecule has 1 heterocycles. The van der Waals surface area contributed by atoms with Crippen molar-refractivity contribution in [3.05, 3.63) is 30.1 Å². The summed E-state index contributed by atoms with van der Waals surface area (Å²) in [5.74, 6) is 1.58. The highest BCUT2D eigenvalue weighted by Gasteiger charge is 2.29. The maximum atomic E-state index is 12.3. The number of amides is 2. The third kappa shape index (κ3) is 4.59. The minimum absolute atomic E-state index is 0.0138. The van der Waals surface area contributed by atoms with Gasteiger partial charge in [-0.15, -0.1) is 0 Å². The van der Waals surface area contributed by atoms with Crippen LogP contribution in [0.15, 0.2) is 24.3 Å². The first-order valence-corrected chi connectivity index (χ1v) is 9.03. The van der Waals surface area contributed by atoms with Gasteiger partial charge in [-0.3, -0.25) is 9.59 Å². The number of carbonyl (C=O) groups excluding carboxylic acids is 2. The third-order valence-corrected chi connectivity index (χ3v) is 4.34. The highest BCUT2D eigenvalue weighted by molar-refractivity contribution is 5.81. The number of hydrogen-bond donors (Lipinski definition) is 2. The minimum atomic E-state index is -0.0138. The SMILES string of the molecule is CC(C)CNC(=O)Cn1c(CCNC(=O)C2CC2)nc2ccccc21. The molecule has 2 amide bonds. The Bertz CT molecular complexity index is 762.